The molecule has 0 heterocycles. The summed E-state index contributed by atoms with van der Waals surface area (Å²) >= 11 is 5.13. The number of carbonyl (C=O) groups excluding carboxylic acids is 3. The zero-order chi connectivity index (χ0) is 6.62. The minimum Gasteiger partial charge on any atom is -0.306 e. The minimum absolute atomic E-state index is 0.217. The highest BCUT2D eigenvalue weighted by Gasteiger charge is 2.29. The molecular formula is C3H3ClO3Si. The Balaban J connectivity index is 4.18. The molecule has 0 aromatic rings. The van der Waals surface area contributed by atoms with Crippen molar-refractivity contribution in [2.45, 2.75) is 0 Å². The van der Waals surface area contributed by atoms with Crippen LogP contribution in [-0.4, -0.2) is 25.1 Å². The lowest BCUT2D eigenvalue weighted by Gasteiger charge is -1.92. The molecule has 0 bridgehead atoms. The Hall–Kier alpha value is -0.483. The zero-order valence-electron chi connectivity index (χ0n) is 3.83. The van der Waals surface area contributed by atoms with Gasteiger partial charge in [0.25, 0.3) is 0 Å². The van der Waals surface area contributed by atoms with Crippen molar-refractivity contribution in [3.05, 3.63) is 0 Å². The maximum absolute atomic E-state index is 9.76. The molecule has 0 atom stereocenters. The summed E-state index contributed by atoms with van der Waals surface area (Å²) in [4.78, 5) is 29.3. The van der Waals surface area contributed by atoms with E-state index >= 15 is 0 Å². The van der Waals surface area contributed by atoms with Crippen molar-refractivity contribution in [3.8, 4) is 0 Å². The van der Waals surface area contributed by atoms with E-state index in [1.165, 1.54) is 0 Å². The molecule has 3 nitrogen and oxygen atoms in total. The van der Waals surface area contributed by atoms with Gasteiger partial charge in [0.05, 0.1) is 0 Å². The van der Waals surface area contributed by atoms with Crippen LogP contribution in [0.25, 0.3) is 0 Å². The third-order valence-corrected chi connectivity index (χ3v) is 2.43. The van der Waals surface area contributed by atoms with E-state index in [-0.39, 0.29) is 17.7 Å². The molecule has 8 heavy (non-hydrogen) atoms. The standard InChI is InChI=1S/C3H3ClO3Si/c4-8(1-5,2-6)3-7/h1-3H. The van der Waals surface area contributed by atoms with Crippen molar-refractivity contribution in [3.63, 3.8) is 0 Å². The first-order chi connectivity index (χ1) is 3.68. The van der Waals surface area contributed by atoms with E-state index < -0.39 is 7.38 Å². The first kappa shape index (κ1) is 7.52. The third kappa shape index (κ3) is 1.55. The number of carbonyl (C=O) groups is 3. The van der Waals surface area contributed by atoms with Gasteiger partial charge in [-0.05, 0) is 0 Å². The van der Waals surface area contributed by atoms with Gasteiger partial charge in [0.15, 0.2) is 0 Å². The molecule has 0 aromatic heterocycles. The fourth-order valence-electron chi connectivity index (χ4n) is 0.0833. The second kappa shape index (κ2) is 2.73. The molecule has 0 N–H and O–H groups in total. The molecular weight excluding hydrogens is 148 g/mol. The van der Waals surface area contributed by atoms with Crippen LogP contribution >= 0.6 is 11.1 Å². The van der Waals surface area contributed by atoms with Crippen LogP contribution in [0.2, 0.25) is 0 Å². The Morgan fingerprint density at radius 1 is 1.00 bits per heavy atom. The summed E-state index contributed by atoms with van der Waals surface area (Å²) in [7, 11) is -3.24. The van der Waals surface area contributed by atoms with Gasteiger partial charge in [-0.1, -0.05) is 0 Å². The van der Waals surface area contributed by atoms with Gasteiger partial charge in [0.2, 0.25) is 0 Å². The molecule has 0 radical (unpaired) electrons. The number of halogens is 1. The lowest BCUT2D eigenvalue weighted by Crippen LogP contribution is -2.34. The summed E-state index contributed by atoms with van der Waals surface area (Å²) in [5.41, 5.74) is 0. The van der Waals surface area contributed by atoms with Gasteiger partial charge in [-0.25, -0.2) is 0 Å². The number of hydrogen-bond acceptors (Lipinski definition) is 3. The van der Waals surface area contributed by atoms with Crippen molar-refractivity contribution < 1.29 is 14.4 Å². The minimum atomic E-state index is -3.24. The van der Waals surface area contributed by atoms with Crippen LogP contribution < -0.4 is 0 Å². The summed E-state index contributed by atoms with van der Waals surface area (Å²) in [5, 5.41) is 0. The molecule has 0 unspecified atom stereocenters. The molecule has 0 amide bonds. The highest BCUT2D eigenvalue weighted by atomic mass is 35.6. The Morgan fingerprint density at radius 2 is 1.25 bits per heavy atom. The second-order valence-electron chi connectivity index (χ2n) is 1.18. The van der Waals surface area contributed by atoms with Gasteiger partial charge >= 0.3 is 7.38 Å². The van der Waals surface area contributed by atoms with Gasteiger partial charge in [0, 0.05) is 0 Å². The first-order valence-electron chi connectivity index (χ1n) is 1.76. The van der Waals surface area contributed by atoms with E-state index in [1.807, 2.05) is 0 Å². The van der Waals surface area contributed by atoms with Gasteiger partial charge < -0.3 is 14.4 Å². The molecule has 0 aliphatic heterocycles. The summed E-state index contributed by atoms with van der Waals surface area (Å²) in [5.74, 6) is 0.650. The second-order valence-corrected chi connectivity index (χ2v) is 5.51. The molecule has 0 saturated carbocycles. The first-order valence-corrected chi connectivity index (χ1v) is 5.01. The maximum Gasteiger partial charge on any atom is 0.353 e. The Labute approximate surface area is 51.3 Å². The predicted octanol–water partition coefficient (Wildman–Crippen LogP) is -0.514. The van der Waals surface area contributed by atoms with E-state index in [0.29, 0.717) is 0 Å². The molecule has 0 saturated heterocycles. The molecule has 0 aliphatic rings. The van der Waals surface area contributed by atoms with Crippen LogP contribution in [0, 0.1) is 0 Å². The smallest absolute Gasteiger partial charge is 0.306 e. The van der Waals surface area contributed by atoms with Gasteiger partial charge in [-0.2, -0.15) is 0 Å². The fraction of sp³-hybridized carbons (Fsp3) is 0. The van der Waals surface area contributed by atoms with Crippen molar-refractivity contribution >= 4 is 36.2 Å². The molecule has 0 fully saturated rings. The monoisotopic (exact) mass is 150 g/mol. The highest BCUT2D eigenvalue weighted by molar-refractivity contribution is 7.56. The molecule has 0 rings (SSSR count). The highest BCUT2D eigenvalue weighted by Crippen LogP contribution is 1.94. The Bertz CT molecular complexity index is 102. The molecule has 5 heteroatoms. The summed E-state index contributed by atoms with van der Waals surface area (Å²) in [6, 6.07) is 0. The van der Waals surface area contributed by atoms with Crippen LogP contribution in [-0.2, 0) is 14.4 Å². The average Bonchev–Trinajstić information content (AvgIpc) is 1.87. The van der Waals surface area contributed by atoms with Crippen molar-refractivity contribution in [2.24, 2.45) is 0 Å². The van der Waals surface area contributed by atoms with Crippen LogP contribution in [0.4, 0.5) is 0 Å². The zero-order valence-corrected chi connectivity index (χ0v) is 5.59. The predicted molar refractivity (Wildman–Crippen MR) is 31.9 cm³/mol. The van der Waals surface area contributed by atoms with E-state index in [1.54, 1.807) is 0 Å². The van der Waals surface area contributed by atoms with Crippen molar-refractivity contribution in [1.82, 2.24) is 0 Å². The number of rotatable bonds is 3. The lowest BCUT2D eigenvalue weighted by atomic mass is 11.7. The van der Waals surface area contributed by atoms with E-state index in [0.717, 1.165) is 0 Å². The Morgan fingerprint density at radius 3 is 1.25 bits per heavy atom. The summed E-state index contributed by atoms with van der Waals surface area (Å²) in [6.45, 7) is 0. The summed E-state index contributed by atoms with van der Waals surface area (Å²) < 4.78 is 0. The van der Waals surface area contributed by atoms with E-state index in [2.05, 4.69) is 0 Å². The average molecular weight is 151 g/mol. The largest absolute Gasteiger partial charge is 0.353 e. The van der Waals surface area contributed by atoms with Gasteiger partial charge in [-0.3, -0.25) is 0 Å². The third-order valence-electron chi connectivity index (χ3n) is 0.542. The maximum atomic E-state index is 9.76. The van der Waals surface area contributed by atoms with Crippen LogP contribution in [0.15, 0.2) is 0 Å². The van der Waals surface area contributed by atoms with E-state index in [4.69, 9.17) is 11.1 Å². The van der Waals surface area contributed by atoms with Crippen LogP contribution in [0.5, 0.6) is 0 Å². The molecule has 44 valence electrons. The summed E-state index contributed by atoms with van der Waals surface area (Å²) in [6.07, 6.45) is 0. The fourth-order valence-corrected chi connectivity index (χ4v) is 0.250. The molecule has 0 aliphatic carbocycles. The SMILES string of the molecule is O=C[Si](Cl)(C=O)C=O. The van der Waals surface area contributed by atoms with Gasteiger partial charge in [-0.15, -0.1) is 11.1 Å². The molecule has 0 spiro atoms. The van der Waals surface area contributed by atoms with E-state index in [9.17, 15) is 14.4 Å². The van der Waals surface area contributed by atoms with Crippen LogP contribution in [0.1, 0.15) is 0 Å². The normalized spacial score (nSPS) is 10.1. The Kier molecular flexibility index (Phi) is 2.57. The van der Waals surface area contributed by atoms with Crippen molar-refractivity contribution in [2.75, 3.05) is 0 Å². The lowest BCUT2D eigenvalue weighted by molar-refractivity contribution is 0.558. The quantitative estimate of drug-likeness (QED) is 0.309. The van der Waals surface area contributed by atoms with Crippen molar-refractivity contribution in [1.29, 1.82) is 0 Å². The molecule has 0 aromatic carbocycles. The van der Waals surface area contributed by atoms with Crippen LogP contribution in [0.3, 0.4) is 0 Å². The topological polar surface area (TPSA) is 51.2 Å². The number of hydrogen-bond donors (Lipinski definition) is 0. The van der Waals surface area contributed by atoms with Gasteiger partial charge in [0.1, 0.15) is 17.7 Å².